The SMILES string of the molecule is CCn1c2ccc(Oc3ccccc3)cc2c2cc(N(C3=CC=CCC3)c3ccc4c(c3)C3(c5ccccc5-c5ccccc53)c3cc(N(C5=CC=CCC5)c5ccc6c(c5)c5cc(Oc7ccccc7)ccc5n6CC)ccc3-4)ccc21. The van der Waals surface area contributed by atoms with E-state index in [0.29, 0.717) is 0 Å². The third-order valence-corrected chi connectivity index (χ3v) is 17.9. The lowest BCUT2D eigenvalue weighted by atomic mass is 9.70. The summed E-state index contributed by atoms with van der Waals surface area (Å²) in [7, 11) is 0. The van der Waals surface area contributed by atoms with Crippen molar-refractivity contribution in [1.82, 2.24) is 9.13 Å². The maximum absolute atomic E-state index is 6.46. The Labute approximate surface area is 484 Å². The maximum Gasteiger partial charge on any atom is 0.128 e. The molecule has 1 spiro atoms. The van der Waals surface area contributed by atoms with Crippen LogP contribution in [0, 0.1) is 0 Å². The van der Waals surface area contributed by atoms with Crippen molar-refractivity contribution in [1.29, 1.82) is 0 Å². The van der Waals surface area contributed by atoms with Crippen LogP contribution < -0.4 is 19.3 Å². The number of aromatic nitrogens is 2. The highest BCUT2D eigenvalue weighted by Gasteiger charge is 2.52. The molecule has 83 heavy (non-hydrogen) atoms. The second kappa shape index (κ2) is 19.6. The fourth-order valence-electron chi connectivity index (χ4n) is 14.4. The number of anilines is 4. The van der Waals surface area contributed by atoms with Gasteiger partial charge >= 0.3 is 0 Å². The predicted octanol–water partition coefficient (Wildman–Crippen LogP) is 20.6. The lowest BCUT2D eigenvalue weighted by Crippen LogP contribution is -2.27. The molecule has 0 saturated heterocycles. The van der Waals surface area contributed by atoms with Gasteiger partial charge in [-0.1, -0.05) is 121 Å². The molecule has 0 amide bonds. The van der Waals surface area contributed by atoms with Crippen molar-refractivity contribution in [2.75, 3.05) is 9.80 Å². The molecule has 2 heterocycles. The standard InChI is InChI=1S/C77H60N4O2/c1-3-78-73-41-35-53(45-65(73)67-49-59(37-43-75(67)78)82-57-25-13-7-14-26-57)80(51-21-9-5-10-22-51)55-33-39-63-64-40-34-56(48-72(64)77(71(63)47-55)69-31-19-17-29-61(69)62-30-18-20-32-70(62)77)81(52-23-11-6-12-24-52)54-36-42-74-66(46-54)68-50-60(38-44-76(68)79(74)4-2)83-58-27-15-8-16-28-58/h5-9,11,13-21,23,25-50H,3-4,10,12,22,24H2,1-2H3. The Morgan fingerprint density at radius 1 is 0.361 bits per heavy atom. The Bertz CT molecular complexity index is 4430. The molecule has 2 aromatic heterocycles. The van der Waals surface area contributed by atoms with E-state index in [9.17, 15) is 0 Å². The largest absolute Gasteiger partial charge is 0.457 e. The summed E-state index contributed by atoms with van der Waals surface area (Å²) in [6.45, 7) is 6.18. The minimum Gasteiger partial charge on any atom is -0.457 e. The summed E-state index contributed by atoms with van der Waals surface area (Å²) in [5.41, 5.74) is 21.6. The first-order chi connectivity index (χ1) is 41.0. The van der Waals surface area contributed by atoms with Crippen LogP contribution in [-0.2, 0) is 18.5 Å². The number of rotatable bonds is 12. The van der Waals surface area contributed by atoms with Crippen molar-refractivity contribution in [2.24, 2.45) is 0 Å². The van der Waals surface area contributed by atoms with Crippen LogP contribution in [0.4, 0.5) is 22.7 Å². The number of para-hydroxylation sites is 2. The second-order valence-corrected chi connectivity index (χ2v) is 22.3. The lowest BCUT2D eigenvalue weighted by molar-refractivity contribution is 0.483. The highest BCUT2D eigenvalue weighted by atomic mass is 16.5. The Morgan fingerprint density at radius 3 is 1.16 bits per heavy atom. The summed E-state index contributed by atoms with van der Waals surface area (Å²) >= 11 is 0. The Hall–Kier alpha value is -10.0. The van der Waals surface area contributed by atoms with Crippen LogP contribution in [-0.4, -0.2) is 9.13 Å². The van der Waals surface area contributed by atoms with E-state index in [1.807, 2.05) is 60.7 Å². The van der Waals surface area contributed by atoms with Crippen molar-refractivity contribution < 1.29 is 9.47 Å². The van der Waals surface area contributed by atoms with Crippen molar-refractivity contribution in [3.05, 3.63) is 288 Å². The van der Waals surface area contributed by atoms with E-state index in [1.165, 1.54) is 99.5 Å². The molecule has 12 aromatic rings. The molecule has 4 aliphatic carbocycles. The van der Waals surface area contributed by atoms with Gasteiger partial charge in [0.25, 0.3) is 0 Å². The van der Waals surface area contributed by atoms with Crippen LogP contribution in [0.2, 0.25) is 0 Å². The van der Waals surface area contributed by atoms with Gasteiger partial charge in [-0.05, 0) is 218 Å². The molecule has 0 saturated carbocycles. The van der Waals surface area contributed by atoms with E-state index in [2.05, 4.69) is 227 Å². The van der Waals surface area contributed by atoms with E-state index in [-0.39, 0.29) is 0 Å². The normalized spacial score (nSPS) is 14.4. The van der Waals surface area contributed by atoms with Crippen molar-refractivity contribution >= 4 is 66.4 Å². The summed E-state index contributed by atoms with van der Waals surface area (Å²) in [6, 6.07) is 80.4. The van der Waals surface area contributed by atoms with Gasteiger partial charge in [0.1, 0.15) is 23.0 Å². The first kappa shape index (κ1) is 48.8. The van der Waals surface area contributed by atoms with Crippen LogP contribution in [0.1, 0.15) is 61.8 Å². The zero-order chi connectivity index (χ0) is 55.2. The van der Waals surface area contributed by atoms with Crippen molar-refractivity contribution in [2.45, 2.75) is 58.0 Å². The summed E-state index contributed by atoms with van der Waals surface area (Å²) in [5, 5.41) is 4.77. The number of ether oxygens (including phenoxy) is 2. The molecule has 0 bridgehead atoms. The van der Waals surface area contributed by atoms with Gasteiger partial charge in [-0.3, -0.25) is 0 Å². The Balaban J connectivity index is 0.877. The highest BCUT2D eigenvalue weighted by Crippen LogP contribution is 2.64. The molecular weight excluding hydrogens is 1010 g/mol. The van der Waals surface area contributed by atoms with E-state index >= 15 is 0 Å². The van der Waals surface area contributed by atoms with E-state index in [0.717, 1.165) is 84.5 Å². The number of aryl methyl sites for hydroxylation is 2. The molecule has 0 fully saturated rings. The second-order valence-electron chi connectivity index (χ2n) is 22.3. The fourth-order valence-corrected chi connectivity index (χ4v) is 14.4. The first-order valence-electron chi connectivity index (χ1n) is 29.4. The summed E-state index contributed by atoms with van der Waals surface area (Å²) in [4.78, 5) is 5.06. The number of hydrogen-bond donors (Lipinski definition) is 0. The van der Waals surface area contributed by atoms with Crippen LogP contribution in [0.5, 0.6) is 23.0 Å². The van der Waals surface area contributed by atoms with Crippen LogP contribution >= 0.6 is 0 Å². The highest BCUT2D eigenvalue weighted by molar-refractivity contribution is 6.11. The zero-order valence-electron chi connectivity index (χ0n) is 46.6. The van der Waals surface area contributed by atoms with Gasteiger partial charge in [-0.25, -0.2) is 0 Å². The Kier molecular flexibility index (Phi) is 11.5. The van der Waals surface area contributed by atoms with Crippen LogP contribution in [0.25, 0.3) is 65.9 Å². The number of hydrogen-bond acceptors (Lipinski definition) is 4. The fraction of sp³-hybridized carbons (Fsp3) is 0.117. The predicted molar refractivity (Wildman–Crippen MR) is 343 cm³/mol. The van der Waals surface area contributed by atoms with Gasteiger partial charge < -0.3 is 28.4 Å². The van der Waals surface area contributed by atoms with Gasteiger partial charge in [-0.2, -0.15) is 0 Å². The van der Waals surface area contributed by atoms with E-state index in [1.54, 1.807) is 0 Å². The number of allylic oxidation sites excluding steroid dienone is 8. The van der Waals surface area contributed by atoms with Gasteiger partial charge in [-0.15, -0.1) is 0 Å². The molecule has 16 rings (SSSR count). The number of nitrogens with zero attached hydrogens (tertiary/aromatic N) is 4. The quantitative estimate of drug-likeness (QED) is 0.122. The molecule has 10 aromatic carbocycles. The summed E-state index contributed by atoms with van der Waals surface area (Å²) < 4.78 is 17.8. The summed E-state index contributed by atoms with van der Waals surface area (Å²) in [5.74, 6) is 3.30. The van der Waals surface area contributed by atoms with Gasteiger partial charge in [0, 0.05) is 90.8 Å². The molecule has 4 aliphatic rings. The molecule has 0 aliphatic heterocycles. The summed E-state index contributed by atoms with van der Waals surface area (Å²) in [6.07, 6.45) is 17.5. The van der Waals surface area contributed by atoms with Crippen molar-refractivity contribution in [3.8, 4) is 45.3 Å². The number of fused-ring (bicyclic) bond motifs is 16. The lowest BCUT2D eigenvalue weighted by Gasteiger charge is -2.34. The van der Waals surface area contributed by atoms with Crippen molar-refractivity contribution in [3.63, 3.8) is 0 Å². The zero-order valence-corrected chi connectivity index (χ0v) is 46.6. The Morgan fingerprint density at radius 2 is 0.735 bits per heavy atom. The molecule has 0 radical (unpaired) electrons. The van der Waals surface area contributed by atoms with Gasteiger partial charge in [0.2, 0.25) is 0 Å². The van der Waals surface area contributed by atoms with Crippen LogP contribution in [0.3, 0.4) is 0 Å². The average molecular weight is 1070 g/mol. The van der Waals surface area contributed by atoms with Gasteiger partial charge in [0.05, 0.1) is 5.41 Å². The smallest absolute Gasteiger partial charge is 0.128 e. The molecule has 400 valence electrons. The minimum absolute atomic E-state index is 0.607. The first-order valence-corrected chi connectivity index (χ1v) is 29.4. The monoisotopic (exact) mass is 1070 g/mol. The average Bonchev–Trinajstić information content (AvgIpc) is 1.63. The minimum atomic E-state index is -0.607. The third-order valence-electron chi connectivity index (χ3n) is 17.9. The molecule has 0 atom stereocenters. The topological polar surface area (TPSA) is 34.8 Å². The van der Waals surface area contributed by atoms with E-state index < -0.39 is 5.41 Å². The van der Waals surface area contributed by atoms with Gasteiger partial charge in [0.15, 0.2) is 0 Å². The molecular formula is C77H60N4O2. The number of benzene rings is 10. The molecule has 6 nitrogen and oxygen atoms in total. The van der Waals surface area contributed by atoms with Crippen LogP contribution in [0.15, 0.2) is 266 Å². The molecule has 0 unspecified atom stereocenters. The molecule has 0 N–H and O–H groups in total. The maximum atomic E-state index is 6.46. The third kappa shape index (κ3) is 7.69. The molecule has 6 heteroatoms. The van der Waals surface area contributed by atoms with E-state index in [4.69, 9.17) is 9.47 Å².